The molecule has 0 aromatic carbocycles. The van der Waals surface area contributed by atoms with E-state index in [0.29, 0.717) is 0 Å². The van der Waals surface area contributed by atoms with Crippen molar-refractivity contribution in [3.63, 3.8) is 0 Å². The van der Waals surface area contributed by atoms with Gasteiger partial charge in [-0.25, -0.2) is 4.57 Å². The van der Waals surface area contributed by atoms with Gasteiger partial charge in [-0.05, 0) is 0 Å². The van der Waals surface area contributed by atoms with E-state index < -0.39 is 7.82 Å². The van der Waals surface area contributed by atoms with Crippen molar-refractivity contribution in [1.82, 2.24) is 0 Å². The normalized spacial score (nSPS) is 9.25. The van der Waals surface area contributed by atoms with Gasteiger partial charge in [0.2, 0.25) is 0 Å². The summed E-state index contributed by atoms with van der Waals surface area (Å²) in [6.45, 7) is 0. The Labute approximate surface area is 75.1 Å². The molecule has 0 saturated carbocycles. The van der Waals surface area contributed by atoms with Gasteiger partial charge in [0.1, 0.15) is 0 Å². The predicted octanol–water partition coefficient (Wildman–Crippen LogP) is -2.27. The third-order valence-corrected chi connectivity index (χ3v) is 2.14. The van der Waals surface area contributed by atoms with Gasteiger partial charge in [0.05, 0.1) is 0 Å². The molecule has 0 aliphatic heterocycles. The standard InChI is InChI=1S/Li.H5O4PSi.Zn.H/c;1-5(2,3)4-6;;/h;6H3,(H2,1,2,3);;. The summed E-state index contributed by atoms with van der Waals surface area (Å²) < 4.78 is 13.2. The summed E-state index contributed by atoms with van der Waals surface area (Å²) in [6, 6.07) is 0. The van der Waals surface area contributed by atoms with E-state index in [2.05, 4.69) is 4.21 Å². The van der Waals surface area contributed by atoms with Crippen molar-refractivity contribution in [2.75, 3.05) is 0 Å². The molecule has 0 amide bonds. The molecule has 0 heterocycles. The molecule has 0 rings (SSSR count). The van der Waals surface area contributed by atoms with Gasteiger partial charge in [-0.3, -0.25) is 0 Å². The van der Waals surface area contributed by atoms with Gasteiger partial charge < -0.3 is 14.0 Å². The zero-order valence-corrected chi connectivity index (χ0v) is 9.73. The molecule has 2 N–H and O–H groups in total. The summed E-state index contributed by atoms with van der Waals surface area (Å²) in [5, 5.41) is 0. The van der Waals surface area contributed by atoms with Crippen molar-refractivity contribution in [1.29, 1.82) is 0 Å². The van der Waals surface area contributed by atoms with E-state index in [1.165, 1.54) is 0 Å². The molecule has 8 heteroatoms. The van der Waals surface area contributed by atoms with Gasteiger partial charge in [0.15, 0.2) is 10.5 Å². The minimum atomic E-state index is -4.08. The molecule has 0 saturated heterocycles. The average Bonchev–Trinajstić information content (AvgIpc) is 1.35. The van der Waals surface area contributed by atoms with Crippen molar-refractivity contribution >= 4 is 37.2 Å². The minimum Gasteiger partial charge on any atom is 0 e. The third kappa shape index (κ3) is 15.6. The maximum atomic E-state index is 9.51. The van der Waals surface area contributed by atoms with E-state index >= 15 is 0 Å². The maximum Gasteiger partial charge on any atom is 0 e. The first-order valence-corrected chi connectivity index (χ1v) is 3.52. The van der Waals surface area contributed by atoms with Gasteiger partial charge in [0, 0.05) is 19.5 Å². The Kier molecular flexibility index (Phi) is 13.6. The fourth-order valence-electron chi connectivity index (χ4n) is 0. The van der Waals surface area contributed by atoms with Crippen LogP contribution in [0, 0.1) is 0 Å². The van der Waals surface area contributed by atoms with E-state index in [4.69, 9.17) is 9.79 Å². The molecule has 0 fully saturated rings. The van der Waals surface area contributed by atoms with Crippen LogP contribution in [0.5, 0.6) is 0 Å². The van der Waals surface area contributed by atoms with Crippen LogP contribution in [0.15, 0.2) is 0 Å². The second-order valence-corrected chi connectivity index (χ2v) is 3.11. The Bertz CT molecular complexity index is 80.1. The van der Waals surface area contributed by atoms with Crippen LogP contribution in [0.1, 0.15) is 0 Å². The predicted molar refractivity (Wildman–Crippen MR) is 30.2 cm³/mol. The molecule has 4 nitrogen and oxygen atoms in total. The second kappa shape index (κ2) is 6.66. The third-order valence-electron chi connectivity index (χ3n) is 0.238. The topological polar surface area (TPSA) is 66.8 Å². The molecule has 42 valence electrons. The van der Waals surface area contributed by atoms with Crippen LogP contribution in [0.4, 0.5) is 0 Å². The number of hydrogen-bond donors (Lipinski definition) is 2. The molecule has 0 aromatic rings. The number of rotatable bonds is 1. The van der Waals surface area contributed by atoms with Gasteiger partial charge in [-0.15, -0.1) is 0 Å². The van der Waals surface area contributed by atoms with Crippen LogP contribution in [-0.4, -0.2) is 39.1 Å². The first-order valence-electron chi connectivity index (χ1n) is 1.17. The van der Waals surface area contributed by atoms with Gasteiger partial charge in [-0.2, -0.15) is 0 Å². The van der Waals surface area contributed by atoms with E-state index in [0.717, 1.165) is 0 Å². The van der Waals surface area contributed by atoms with Crippen molar-refractivity contribution in [2.45, 2.75) is 0 Å². The molecular weight excluding hydrogens is 195 g/mol. The Morgan fingerprint density at radius 1 is 1.50 bits per heavy atom. The molecule has 0 unspecified atom stereocenters. The van der Waals surface area contributed by atoms with E-state index in [9.17, 15) is 4.57 Å². The van der Waals surface area contributed by atoms with E-state index in [1.54, 1.807) is 0 Å². The zero-order valence-electron chi connectivity index (χ0n) is 3.87. The van der Waals surface area contributed by atoms with Crippen molar-refractivity contribution in [2.24, 2.45) is 0 Å². The largest absolute Gasteiger partial charge is 0 e. The second-order valence-electron chi connectivity index (χ2n) is 0.673. The Hall–Kier alpha value is 1.55. The zero-order chi connectivity index (χ0) is 5.21. The molecule has 0 radical (unpaired) electrons. The quantitative estimate of drug-likeness (QED) is 0.371. The summed E-state index contributed by atoms with van der Waals surface area (Å²) in [5.41, 5.74) is 0. The molecule has 0 aliphatic rings. The molecule has 0 aliphatic carbocycles. The summed E-state index contributed by atoms with van der Waals surface area (Å²) in [4.78, 5) is 15.5. The molecule has 0 atom stereocenters. The van der Waals surface area contributed by atoms with Crippen LogP contribution in [0.25, 0.3) is 0 Å². The average molecular weight is 201 g/mol. The first kappa shape index (κ1) is 16.3. The van der Waals surface area contributed by atoms with E-state index in [1.807, 2.05) is 0 Å². The van der Waals surface area contributed by atoms with Crippen LogP contribution in [0.3, 0.4) is 0 Å². The Balaban J connectivity index is -0.000000125. The van der Waals surface area contributed by atoms with Crippen LogP contribution in [0.2, 0.25) is 0 Å². The van der Waals surface area contributed by atoms with Gasteiger partial charge in [-0.1, -0.05) is 0 Å². The summed E-state index contributed by atoms with van der Waals surface area (Å²) in [6.07, 6.45) is 0. The van der Waals surface area contributed by atoms with Crippen molar-refractivity contribution in [3.8, 4) is 0 Å². The van der Waals surface area contributed by atoms with Gasteiger partial charge in [0.25, 0.3) is 0 Å². The molecule has 0 spiro atoms. The van der Waals surface area contributed by atoms with Crippen LogP contribution < -0.4 is 0 Å². The fraction of sp³-hybridized carbons (Fsp3) is 0. The maximum absolute atomic E-state index is 9.51. The van der Waals surface area contributed by atoms with Crippen LogP contribution in [-0.2, 0) is 28.3 Å². The molecule has 0 aromatic heterocycles. The fourth-order valence-corrected chi connectivity index (χ4v) is 0. The minimum absolute atomic E-state index is 0. The molecular formula is H6LiO4PSiZn. The molecule has 8 heavy (non-hydrogen) atoms. The Morgan fingerprint density at radius 2 is 1.62 bits per heavy atom. The summed E-state index contributed by atoms with van der Waals surface area (Å²) >= 11 is 0. The number of hydrogen-bond acceptors (Lipinski definition) is 2. The summed E-state index contributed by atoms with van der Waals surface area (Å²) in [7, 11) is -4.00. The van der Waals surface area contributed by atoms with Crippen molar-refractivity contribution in [3.05, 3.63) is 0 Å². The summed E-state index contributed by atoms with van der Waals surface area (Å²) in [5.74, 6) is 0. The van der Waals surface area contributed by atoms with E-state index in [-0.39, 0.29) is 48.8 Å². The number of phosphoric acid groups is 1. The smallest absolute Gasteiger partial charge is 0 e. The first-order chi connectivity index (χ1) is 2.56. The van der Waals surface area contributed by atoms with Crippen LogP contribution >= 0.6 is 7.82 Å². The molecule has 0 bridgehead atoms. The Morgan fingerprint density at radius 3 is 1.62 bits per heavy atom. The monoisotopic (exact) mass is 200 g/mol. The van der Waals surface area contributed by atoms with Gasteiger partial charge >= 0.3 is 26.7 Å². The van der Waals surface area contributed by atoms with Crippen molar-refractivity contribution < 1.29 is 38.0 Å². The SMILES string of the molecule is O=P(O)(O)O[SiH3].[LiH].[Zn].